The van der Waals surface area contributed by atoms with Gasteiger partial charge in [0.2, 0.25) is 0 Å². The number of cyclic esters (lactones) is 1. The Labute approximate surface area is 86.0 Å². The van der Waals surface area contributed by atoms with Crippen LogP contribution in [0.25, 0.3) is 0 Å². The first-order chi connectivity index (χ1) is 6.13. The monoisotopic (exact) mass is 248 g/mol. The van der Waals surface area contributed by atoms with Crippen molar-refractivity contribution in [1.82, 2.24) is 0 Å². The van der Waals surface area contributed by atoms with Gasteiger partial charge in [0.25, 0.3) is 0 Å². The molecule has 1 fully saturated rings. The molecular weight excluding hydrogens is 236 g/mol. The van der Waals surface area contributed by atoms with Gasteiger partial charge in [0.1, 0.15) is 11.2 Å². The summed E-state index contributed by atoms with van der Waals surface area (Å²) in [6.07, 6.45) is 1.98. The third-order valence-electron chi connectivity index (χ3n) is 2.56. The highest BCUT2D eigenvalue weighted by atomic mass is 79.9. The van der Waals surface area contributed by atoms with Crippen molar-refractivity contribution in [3.63, 3.8) is 0 Å². The van der Waals surface area contributed by atoms with Crippen molar-refractivity contribution in [3.8, 4) is 0 Å². The van der Waals surface area contributed by atoms with Crippen LogP contribution in [-0.2, 0) is 14.3 Å². The van der Waals surface area contributed by atoms with Crippen LogP contribution in [0.2, 0.25) is 0 Å². The molecule has 4 heteroatoms. The molecule has 1 aliphatic rings. The number of rotatable bonds is 4. The normalized spacial score (nSPS) is 27.4. The van der Waals surface area contributed by atoms with Crippen molar-refractivity contribution in [2.75, 3.05) is 11.9 Å². The van der Waals surface area contributed by atoms with Gasteiger partial charge in [-0.15, -0.1) is 0 Å². The molecule has 1 unspecified atom stereocenters. The molecule has 0 radical (unpaired) electrons. The van der Waals surface area contributed by atoms with Crippen LogP contribution in [0.5, 0.6) is 0 Å². The van der Waals surface area contributed by atoms with Crippen LogP contribution >= 0.6 is 15.9 Å². The van der Waals surface area contributed by atoms with Gasteiger partial charge in [0, 0.05) is 11.8 Å². The van der Waals surface area contributed by atoms with Crippen LogP contribution in [0.3, 0.4) is 0 Å². The summed E-state index contributed by atoms with van der Waals surface area (Å²) in [5.41, 5.74) is -0.826. The van der Waals surface area contributed by atoms with E-state index in [1.807, 2.05) is 0 Å². The van der Waals surface area contributed by atoms with Crippen LogP contribution in [0.4, 0.5) is 0 Å². The molecule has 3 nitrogen and oxygen atoms in total. The van der Waals surface area contributed by atoms with E-state index >= 15 is 0 Å². The first-order valence-electron chi connectivity index (χ1n) is 4.38. The predicted molar refractivity (Wildman–Crippen MR) is 51.7 cm³/mol. The lowest BCUT2D eigenvalue weighted by atomic mass is 9.79. The molecule has 74 valence electrons. The smallest absolute Gasteiger partial charge is 0.319 e. The van der Waals surface area contributed by atoms with Gasteiger partial charge in [0.05, 0.1) is 6.61 Å². The number of carbonyl (C=O) groups is 2. The molecule has 0 aliphatic carbocycles. The second kappa shape index (κ2) is 4.22. The van der Waals surface area contributed by atoms with Gasteiger partial charge in [-0.1, -0.05) is 15.9 Å². The topological polar surface area (TPSA) is 43.4 Å². The number of Topliss-reactive ketones (excluding diaryl/α,β-unsaturated/α-hetero) is 1. The van der Waals surface area contributed by atoms with Crippen molar-refractivity contribution in [3.05, 3.63) is 0 Å². The molecule has 0 aromatic heterocycles. The van der Waals surface area contributed by atoms with Crippen LogP contribution in [-0.4, -0.2) is 23.7 Å². The Morgan fingerprint density at radius 3 is 2.77 bits per heavy atom. The molecule has 0 N–H and O–H groups in total. The van der Waals surface area contributed by atoms with E-state index in [1.165, 1.54) is 6.92 Å². The molecule has 0 amide bonds. The Kier molecular flexibility index (Phi) is 3.47. The van der Waals surface area contributed by atoms with Crippen molar-refractivity contribution in [2.24, 2.45) is 5.41 Å². The van der Waals surface area contributed by atoms with Gasteiger partial charge in [-0.2, -0.15) is 0 Å². The predicted octanol–water partition coefficient (Wildman–Crippen LogP) is 1.68. The molecule has 1 atom stereocenters. The highest BCUT2D eigenvalue weighted by molar-refractivity contribution is 9.09. The Hall–Kier alpha value is -0.380. The van der Waals surface area contributed by atoms with Crippen LogP contribution in [0.1, 0.15) is 26.2 Å². The number of alkyl halides is 1. The van der Waals surface area contributed by atoms with Crippen molar-refractivity contribution >= 4 is 27.7 Å². The van der Waals surface area contributed by atoms with E-state index in [1.54, 1.807) is 0 Å². The summed E-state index contributed by atoms with van der Waals surface area (Å²) in [6, 6.07) is 0. The van der Waals surface area contributed by atoms with E-state index in [9.17, 15) is 9.59 Å². The maximum atomic E-state index is 11.4. The molecule has 1 heterocycles. The summed E-state index contributed by atoms with van der Waals surface area (Å²) in [4.78, 5) is 22.8. The van der Waals surface area contributed by atoms with Crippen LogP contribution < -0.4 is 0 Å². The number of hydrogen-bond donors (Lipinski definition) is 0. The molecule has 0 bridgehead atoms. The molecule has 0 aromatic rings. The van der Waals surface area contributed by atoms with Crippen molar-refractivity contribution in [2.45, 2.75) is 26.2 Å². The number of hydrogen-bond acceptors (Lipinski definition) is 3. The quantitative estimate of drug-likeness (QED) is 0.432. The maximum Gasteiger partial charge on any atom is 0.319 e. The zero-order chi connectivity index (χ0) is 9.90. The van der Waals surface area contributed by atoms with Gasteiger partial charge in [0.15, 0.2) is 0 Å². The average Bonchev–Trinajstić information content (AvgIpc) is 2.45. The number of carbonyl (C=O) groups excluding carboxylic acids is 2. The van der Waals surface area contributed by atoms with E-state index < -0.39 is 5.41 Å². The molecular formula is C9H13BrO3. The van der Waals surface area contributed by atoms with E-state index in [4.69, 9.17) is 4.74 Å². The standard InChI is InChI=1S/C9H13BrO3/c1-7(11)9(3-2-5-10)4-6-13-8(9)12/h2-6H2,1H3. The third kappa shape index (κ3) is 1.93. The van der Waals surface area contributed by atoms with Gasteiger partial charge in [-0.05, 0) is 19.8 Å². The Balaban J connectivity index is 2.74. The lowest BCUT2D eigenvalue weighted by molar-refractivity contribution is -0.151. The number of halogens is 1. The summed E-state index contributed by atoms with van der Waals surface area (Å²) in [5.74, 6) is -0.392. The fourth-order valence-corrected chi connectivity index (χ4v) is 1.93. The fraction of sp³-hybridized carbons (Fsp3) is 0.778. The minimum absolute atomic E-state index is 0.0593. The van der Waals surface area contributed by atoms with Gasteiger partial charge < -0.3 is 4.74 Å². The zero-order valence-corrected chi connectivity index (χ0v) is 9.22. The Morgan fingerprint density at radius 1 is 1.69 bits per heavy atom. The first kappa shape index (κ1) is 10.7. The SMILES string of the molecule is CC(=O)C1(CCCBr)CCOC1=O. The van der Waals surface area contributed by atoms with Crippen LogP contribution in [0.15, 0.2) is 0 Å². The second-order valence-electron chi connectivity index (χ2n) is 3.32. The Morgan fingerprint density at radius 2 is 2.38 bits per heavy atom. The highest BCUT2D eigenvalue weighted by Gasteiger charge is 2.47. The minimum atomic E-state index is -0.826. The second-order valence-corrected chi connectivity index (χ2v) is 4.11. The summed E-state index contributed by atoms with van der Waals surface area (Å²) in [6.45, 7) is 1.86. The van der Waals surface area contributed by atoms with E-state index in [-0.39, 0.29) is 11.8 Å². The van der Waals surface area contributed by atoms with Crippen molar-refractivity contribution < 1.29 is 14.3 Å². The lowest BCUT2D eigenvalue weighted by Crippen LogP contribution is -2.34. The first-order valence-corrected chi connectivity index (χ1v) is 5.50. The molecule has 1 aliphatic heterocycles. The summed E-state index contributed by atoms with van der Waals surface area (Å²) < 4.78 is 4.85. The molecule has 1 saturated heterocycles. The minimum Gasteiger partial charge on any atom is -0.465 e. The fourth-order valence-electron chi connectivity index (χ4n) is 1.65. The Bertz CT molecular complexity index is 227. The number of ketones is 1. The highest BCUT2D eigenvalue weighted by Crippen LogP contribution is 2.36. The zero-order valence-electron chi connectivity index (χ0n) is 7.64. The molecule has 13 heavy (non-hydrogen) atoms. The van der Waals surface area contributed by atoms with Crippen molar-refractivity contribution in [1.29, 1.82) is 0 Å². The third-order valence-corrected chi connectivity index (χ3v) is 3.12. The maximum absolute atomic E-state index is 11.4. The average molecular weight is 249 g/mol. The molecule has 0 spiro atoms. The molecule has 0 aromatic carbocycles. The van der Waals surface area contributed by atoms with E-state index in [0.29, 0.717) is 19.4 Å². The summed E-state index contributed by atoms with van der Waals surface area (Å²) in [7, 11) is 0. The van der Waals surface area contributed by atoms with Gasteiger partial charge in [-0.25, -0.2) is 0 Å². The number of ether oxygens (including phenoxy) is 1. The lowest BCUT2D eigenvalue weighted by Gasteiger charge is -2.20. The number of esters is 1. The largest absolute Gasteiger partial charge is 0.465 e. The summed E-state index contributed by atoms with van der Waals surface area (Å²) >= 11 is 3.29. The summed E-state index contributed by atoms with van der Waals surface area (Å²) in [5, 5.41) is 0.815. The van der Waals surface area contributed by atoms with Crippen LogP contribution in [0, 0.1) is 5.41 Å². The molecule has 1 rings (SSSR count). The van der Waals surface area contributed by atoms with Gasteiger partial charge in [-0.3, -0.25) is 9.59 Å². The van der Waals surface area contributed by atoms with E-state index in [2.05, 4.69) is 15.9 Å². The van der Waals surface area contributed by atoms with Gasteiger partial charge >= 0.3 is 5.97 Å². The molecule has 0 saturated carbocycles. The van der Waals surface area contributed by atoms with E-state index in [0.717, 1.165) is 11.8 Å².